The van der Waals surface area contributed by atoms with E-state index in [0.29, 0.717) is 36.9 Å². The maximum absolute atomic E-state index is 13.3. The molecule has 5 saturated carbocycles. The lowest BCUT2D eigenvalue weighted by Gasteiger charge is -2.32. The summed E-state index contributed by atoms with van der Waals surface area (Å²) in [6.07, 6.45) is 3.97. The fourth-order valence-corrected chi connectivity index (χ4v) is 10.3. The summed E-state index contributed by atoms with van der Waals surface area (Å²) < 4.78 is 103. The Morgan fingerprint density at radius 1 is 0.635 bits per heavy atom. The first-order chi connectivity index (χ1) is 40.3. The lowest BCUT2D eigenvalue weighted by Crippen LogP contribution is -2.39. The number of hydrazine groups is 1. The number of aliphatic carboxylic acids is 1. The topological polar surface area (TPSA) is 307 Å². The largest absolute Gasteiger partial charge is 0.522 e. The molecular weight excluding hydrogens is 1200 g/mol. The lowest BCUT2D eigenvalue weighted by molar-refractivity contribution is -0.353. The first kappa shape index (κ1) is 68.6. The summed E-state index contributed by atoms with van der Waals surface area (Å²) in [5, 5.41) is 16.9. The van der Waals surface area contributed by atoms with Crippen molar-refractivity contribution < 1.29 is 98.2 Å². The molecule has 6 aliphatic rings. The first-order valence-electron chi connectivity index (χ1n) is 26.6. The minimum absolute atomic E-state index is 0.00283. The van der Waals surface area contributed by atoms with E-state index in [1.165, 1.54) is 36.4 Å². The quantitative estimate of drug-likeness (QED) is 0.00704. The zero-order chi connectivity index (χ0) is 62.5. The zero-order valence-corrected chi connectivity index (χ0v) is 47.9. The molecule has 4 amide bonds. The number of carboxylic acids is 1. The van der Waals surface area contributed by atoms with Crippen LogP contribution < -0.4 is 41.4 Å². The molecule has 0 saturated heterocycles. The normalized spacial score (nSPS) is 23.2. The van der Waals surface area contributed by atoms with Crippen LogP contribution >= 0.6 is 34.8 Å². The summed E-state index contributed by atoms with van der Waals surface area (Å²) in [6.45, 7) is 3.70. The number of fused-ring (bicyclic) bond motifs is 2. The van der Waals surface area contributed by atoms with Crippen molar-refractivity contribution in [2.75, 3.05) is 33.0 Å². The van der Waals surface area contributed by atoms with Crippen molar-refractivity contribution in [3.05, 3.63) is 99.3 Å². The summed E-state index contributed by atoms with van der Waals surface area (Å²) in [7, 11) is 0. The molecule has 85 heavy (non-hydrogen) atoms. The predicted octanol–water partition coefficient (Wildman–Crippen LogP) is 7.49. The van der Waals surface area contributed by atoms with Crippen LogP contribution in [0.4, 0.5) is 26.3 Å². The van der Waals surface area contributed by atoms with Gasteiger partial charge in [-0.05, 0) is 125 Å². The molecule has 0 heterocycles. The number of carbonyl (C=O) groups excluding carboxylic acids is 6. The number of hydrogen-bond acceptors (Lipinski definition) is 15. The highest BCUT2D eigenvalue weighted by atomic mass is 35.5. The lowest BCUT2D eigenvalue weighted by atomic mass is 9.82. The maximum atomic E-state index is 13.3. The zero-order valence-electron chi connectivity index (χ0n) is 45.7. The molecule has 8 N–H and O–H groups in total. The molecule has 464 valence electrons. The van der Waals surface area contributed by atoms with Crippen molar-refractivity contribution >= 4 is 82.6 Å². The Morgan fingerprint density at radius 3 is 1.36 bits per heavy atom. The average molecular weight is 1270 g/mol. The standard InChI is InChI=1S/C17H19ClFNO4.C15H17ClFN3O3.C13H13ClFNO2.C6H7F3O3.C4H7N2O2/c1-2-23-17(22)16-11-5-9(6-12(11)16)20-15(21)8-24-10-3-4-13(18)14(19)7-10;16-11-2-1-8(5-12(11)17)23-6-13(21)19-7-3-9-10(4-7)14(9)15(22)20-18;14-11-6-5-10(7-12(11)15)18-8-13(17)16-9-3-1-2-4-9;7-6(8,9)12-4-1-3(2-4)5(10)11;1-2-8-4(7)3-6-5/h3-4,7,9,11-12,16H,2,5-6,8H2,1H3,(H,20,21);1-2,5,7,9-10,14H,3-4,6,18H2,(H,19,21)(H,20,22);1-2,5-7,9H,3-4,8H2,(H,16,17);3-4H,1-2H2,(H,10,11);3,5H,2H2,1H3/q;;;;+1/t9?,11-,12+,16?;7?,9-,10+,14?;;;. The molecule has 8 atom stereocenters. The monoisotopic (exact) mass is 1260 g/mol. The highest BCUT2D eigenvalue weighted by Crippen LogP contribution is 2.58. The van der Waals surface area contributed by atoms with Gasteiger partial charge in [0.05, 0.1) is 56.5 Å². The third-order valence-electron chi connectivity index (χ3n) is 14.0. The van der Waals surface area contributed by atoms with Crippen LogP contribution in [0, 0.1) is 64.4 Å². The number of amides is 4. The Balaban J connectivity index is 0.000000203. The molecule has 0 radical (unpaired) electrons. The number of alkyl halides is 3. The Morgan fingerprint density at radius 2 is 1.02 bits per heavy atom. The minimum Gasteiger partial charge on any atom is -0.484 e. The van der Waals surface area contributed by atoms with E-state index in [2.05, 4.69) is 35.6 Å². The Labute approximate surface area is 498 Å². The highest BCUT2D eigenvalue weighted by molar-refractivity contribution is 6.31. The van der Waals surface area contributed by atoms with Gasteiger partial charge in [-0.3, -0.25) is 38.9 Å². The summed E-state index contributed by atoms with van der Waals surface area (Å²) in [4.78, 5) is 81.5. The molecule has 6 aliphatic carbocycles. The van der Waals surface area contributed by atoms with Gasteiger partial charge in [0, 0.05) is 42.2 Å². The molecular formula is C55H63Cl3F6N7O14+. The van der Waals surface area contributed by atoms with Crippen LogP contribution in [-0.4, -0.2) is 121 Å². The van der Waals surface area contributed by atoms with Gasteiger partial charge in [0.2, 0.25) is 5.91 Å². The van der Waals surface area contributed by atoms with Gasteiger partial charge >= 0.3 is 30.5 Å². The van der Waals surface area contributed by atoms with E-state index in [1.54, 1.807) is 13.8 Å². The van der Waals surface area contributed by atoms with Gasteiger partial charge in [-0.15, -0.1) is 13.2 Å². The number of nitrogens with zero attached hydrogens (tertiary/aromatic N) is 1. The molecule has 0 aromatic heterocycles. The van der Waals surface area contributed by atoms with Gasteiger partial charge in [0.1, 0.15) is 34.7 Å². The number of hydrogen-bond donors (Lipinski definition) is 7. The number of rotatable bonds is 19. The van der Waals surface area contributed by atoms with Crippen molar-refractivity contribution in [3.8, 4) is 17.2 Å². The minimum atomic E-state index is -4.64. The molecule has 30 heteroatoms. The Hall–Kier alpha value is -7.16. The molecule has 3 aromatic rings. The molecule has 21 nitrogen and oxygen atoms in total. The summed E-state index contributed by atoms with van der Waals surface area (Å²) in [5.41, 5.74) is 8.35. The van der Waals surface area contributed by atoms with Crippen molar-refractivity contribution in [1.82, 2.24) is 21.4 Å². The van der Waals surface area contributed by atoms with Crippen LogP contribution in [0.1, 0.15) is 65.2 Å². The number of halogens is 9. The maximum Gasteiger partial charge on any atom is 0.522 e. The second-order valence-electron chi connectivity index (χ2n) is 19.9. The number of nitrogens with two attached hydrogens (primary N) is 1. The smallest absolute Gasteiger partial charge is 0.484 e. The van der Waals surface area contributed by atoms with Crippen molar-refractivity contribution in [2.24, 2.45) is 47.3 Å². The average Bonchev–Trinajstić information content (AvgIpc) is 1.85. The van der Waals surface area contributed by atoms with Crippen LogP contribution in [-0.2, 0) is 47.8 Å². The van der Waals surface area contributed by atoms with E-state index in [4.69, 9.17) is 70.2 Å². The van der Waals surface area contributed by atoms with E-state index < -0.39 is 47.8 Å². The van der Waals surface area contributed by atoms with Crippen LogP contribution in [0.15, 0.2) is 66.7 Å². The van der Waals surface area contributed by atoms with Crippen molar-refractivity contribution in [1.29, 1.82) is 5.53 Å². The van der Waals surface area contributed by atoms with Gasteiger partial charge < -0.3 is 44.7 Å². The number of carboxylic acid groups (broad SMARTS) is 1. The van der Waals surface area contributed by atoms with Crippen molar-refractivity contribution in [2.45, 2.75) is 95.8 Å². The van der Waals surface area contributed by atoms with Crippen LogP contribution in [0.2, 0.25) is 15.1 Å². The Bertz CT molecular complexity index is 2890. The molecule has 4 unspecified atom stereocenters. The molecule has 0 bridgehead atoms. The number of benzene rings is 3. The molecule has 5 fully saturated rings. The van der Waals surface area contributed by atoms with E-state index in [0.717, 1.165) is 62.9 Å². The second kappa shape index (κ2) is 32.9. The third kappa shape index (κ3) is 22.7. The summed E-state index contributed by atoms with van der Waals surface area (Å²) >= 11 is 16.7. The number of carbonyl (C=O) groups is 7. The highest BCUT2D eigenvalue weighted by Gasteiger charge is 2.61. The number of ether oxygens (including phenoxy) is 6. The SMILES string of the molecule is CCOC(=O)C1[C@H]2CC(NC(=O)COc3ccc(Cl)c(F)c3)C[C@@H]12.CCOC(=O)C=[N+]=N.NNC(=O)C1[C@H]2CC(NC(=O)COc3ccc(Cl)c(F)c3)C[C@@H]12.O=C(COc1ccc(Cl)c(F)c1)NC1CC=CC1.O=C(O)C1CC(OC(F)(F)F)C1. The van der Waals surface area contributed by atoms with Gasteiger partial charge in [-0.1, -0.05) is 47.0 Å². The van der Waals surface area contributed by atoms with Crippen LogP contribution in [0.5, 0.6) is 17.2 Å². The molecule has 3 aromatic carbocycles. The summed E-state index contributed by atoms with van der Waals surface area (Å²) in [5.74, 6) is 2.13. The molecule has 9 rings (SSSR count). The summed E-state index contributed by atoms with van der Waals surface area (Å²) in [6, 6.07) is 12.4. The molecule has 0 aliphatic heterocycles. The molecule has 0 spiro atoms. The first-order valence-corrected chi connectivity index (χ1v) is 27.7. The third-order valence-corrected chi connectivity index (χ3v) is 14.9. The predicted molar refractivity (Wildman–Crippen MR) is 290 cm³/mol. The van der Waals surface area contributed by atoms with Gasteiger partial charge in [0.25, 0.3) is 17.7 Å². The van der Waals surface area contributed by atoms with Gasteiger partial charge in [-0.2, -0.15) is 0 Å². The van der Waals surface area contributed by atoms with Crippen molar-refractivity contribution in [3.63, 3.8) is 0 Å². The number of esters is 2. The second-order valence-corrected chi connectivity index (χ2v) is 21.2. The Kier molecular flexibility index (Phi) is 26.6. The van der Waals surface area contributed by atoms with E-state index in [9.17, 15) is 59.9 Å². The van der Waals surface area contributed by atoms with Crippen LogP contribution in [0.3, 0.4) is 0 Å². The fourth-order valence-electron chi connectivity index (χ4n) is 9.97. The van der Waals surface area contributed by atoms with E-state index in [1.807, 2.05) is 12.2 Å². The van der Waals surface area contributed by atoms with Crippen LogP contribution in [0.25, 0.3) is 0 Å². The van der Waals surface area contributed by atoms with E-state index in [-0.39, 0.29) is 125 Å². The fraction of sp³-hybridized carbons (Fsp3) is 0.491. The number of nitrogens with one attached hydrogen (secondary N) is 5. The van der Waals surface area contributed by atoms with Gasteiger partial charge in [0.15, 0.2) is 19.8 Å². The van der Waals surface area contributed by atoms with E-state index >= 15 is 0 Å². The van der Waals surface area contributed by atoms with Gasteiger partial charge in [-0.25, -0.2) is 23.8 Å².